The van der Waals surface area contributed by atoms with Gasteiger partial charge in [0.2, 0.25) is 5.91 Å². The Morgan fingerprint density at radius 2 is 1.02 bits per heavy atom. The van der Waals surface area contributed by atoms with Crippen molar-refractivity contribution in [2.75, 3.05) is 60.4 Å². The third-order valence-corrected chi connectivity index (χ3v) is 22.7. The summed E-state index contributed by atoms with van der Waals surface area (Å²) in [6, 6.07) is 30.1. The van der Waals surface area contributed by atoms with Gasteiger partial charge in [0.1, 0.15) is 34.9 Å². The molecule has 19 nitrogen and oxygen atoms in total. The minimum atomic E-state index is -4.30. The number of hydrogen-bond donors (Lipinski definition) is 1. The summed E-state index contributed by atoms with van der Waals surface area (Å²) in [6.07, 6.45) is 8.92. The Morgan fingerprint density at radius 3 is 1.55 bits per heavy atom. The molecule has 7 heterocycles. The summed E-state index contributed by atoms with van der Waals surface area (Å²) in [6.45, 7) is 23.9. The number of aromatic nitrogens is 6. The third kappa shape index (κ3) is 30.1. The molecule has 1 saturated heterocycles. The molecule has 6 aromatic heterocycles. The lowest BCUT2D eigenvalue weighted by molar-refractivity contribution is -0.143. The zero-order chi connectivity index (χ0) is 92.8. The van der Waals surface area contributed by atoms with E-state index in [4.69, 9.17) is 11.6 Å². The lowest BCUT2D eigenvalue weighted by Crippen LogP contribution is -2.58. The van der Waals surface area contributed by atoms with Gasteiger partial charge in [-0.1, -0.05) is 102 Å². The molecule has 3 aromatic carbocycles. The van der Waals surface area contributed by atoms with Gasteiger partial charge < -0.3 is 33.5 Å². The number of pyridine rings is 6. The van der Waals surface area contributed by atoms with Crippen LogP contribution in [0.1, 0.15) is 205 Å². The van der Waals surface area contributed by atoms with Gasteiger partial charge in [-0.05, 0) is 241 Å². The Kier molecular flexibility index (Phi) is 37.0. The van der Waals surface area contributed by atoms with Crippen molar-refractivity contribution in [1.82, 2.24) is 48.7 Å². The van der Waals surface area contributed by atoms with Crippen molar-refractivity contribution in [3.05, 3.63) is 262 Å². The molecule has 0 radical (unpaired) electrons. The molecular formula is C99H120ClF7N10O9. The lowest BCUT2D eigenvalue weighted by Gasteiger charge is -2.42. The fraction of sp³-hybridized carbons (Fsp3) is 0.455. The molecule has 9 aromatic rings. The number of nitrogens with zero attached hydrogens (tertiary/aromatic N) is 9. The van der Waals surface area contributed by atoms with E-state index in [1.54, 1.807) is 93.5 Å². The molecular weight excluding hydrogens is 1640 g/mol. The van der Waals surface area contributed by atoms with Crippen LogP contribution in [0.2, 0.25) is 5.02 Å². The van der Waals surface area contributed by atoms with E-state index in [9.17, 15) is 73.9 Å². The Balaban J connectivity index is 0.000000234. The van der Waals surface area contributed by atoms with E-state index in [1.807, 2.05) is 96.9 Å². The molecule has 27 heteroatoms. The van der Waals surface area contributed by atoms with E-state index < -0.39 is 72.2 Å². The van der Waals surface area contributed by atoms with Crippen LogP contribution >= 0.6 is 11.6 Å². The van der Waals surface area contributed by atoms with Crippen molar-refractivity contribution >= 4 is 46.4 Å². The molecule has 1 aliphatic heterocycles. The van der Waals surface area contributed by atoms with Crippen molar-refractivity contribution < 1.29 is 59.5 Å². The maximum atomic E-state index is 14.9. The van der Waals surface area contributed by atoms with Gasteiger partial charge in [0.05, 0.1) is 41.9 Å². The van der Waals surface area contributed by atoms with E-state index in [0.717, 1.165) is 60.5 Å². The van der Waals surface area contributed by atoms with Gasteiger partial charge in [0.15, 0.2) is 11.6 Å². The molecule has 0 saturated carbocycles. The summed E-state index contributed by atoms with van der Waals surface area (Å²) in [5.41, 5.74) is 10.0. The normalized spacial score (nSPS) is 14.2. The Bertz CT molecular complexity index is 5390. The van der Waals surface area contributed by atoms with Gasteiger partial charge in [0, 0.05) is 155 Å². The average molecular weight is 1760 g/mol. The number of amides is 1. The minimum Gasteiger partial charge on any atom is -0.347 e. The molecule has 1 N–H and O–H groups in total. The van der Waals surface area contributed by atoms with Crippen molar-refractivity contribution in [1.29, 1.82) is 0 Å². The molecule has 126 heavy (non-hydrogen) atoms. The van der Waals surface area contributed by atoms with E-state index in [2.05, 4.69) is 46.2 Å². The highest BCUT2D eigenvalue weighted by molar-refractivity contribution is 6.33. The highest BCUT2D eigenvalue weighted by atomic mass is 35.5. The minimum absolute atomic E-state index is 0.0102. The number of likely N-dealkylation sites (tertiary alicyclic amines) is 1. The second kappa shape index (κ2) is 46.3. The van der Waals surface area contributed by atoms with E-state index >= 15 is 0 Å². The number of hydrogen-bond acceptors (Lipinski definition) is 15. The van der Waals surface area contributed by atoms with Crippen LogP contribution in [0.3, 0.4) is 0 Å². The second-order valence-corrected chi connectivity index (χ2v) is 35.8. The molecule has 0 aliphatic carbocycles. The maximum absolute atomic E-state index is 14.9. The SMILES string of the molecule is CC(=O)C[C@H](CC(=O)[C@H](CC(C)C)n1ccc(CC2(F)CN(C)C2)cc1=O)c1cncc(-c2c(C)cccc2C)c1.CC(=O)C[C@H](CC(=O)[C@H](CC(C)C)n1ccc(CCN(C)CC(F)(F)F)cc1=O)c1ccnc(-c2c(C)cccc2Cl)c1.CC(=O)C[C@H](NC(=O)[C@H](CC(C)C)n1cc(CCN(C)CC(F)F)ccc1=O)c1cncc(-c2c(C)cccc2F)c1. The predicted molar refractivity (Wildman–Crippen MR) is 482 cm³/mol. The smallest absolute Gasteiger partial charge is 0.347 e. The molecule has 676 valence electrons. The summed E-state index contributed by atoms with van der Waals surface area (Å²) in [5, 5.41) is 3.50. The van der Waals surface area contributed by atoms with Crippen LogP contribution in [-0.2, 0) is 48.0 Å². The van der Waals surface area contributed by atoms with Gasteiger partial charge in [-0.15, -0.1) is 0 Å². The zero-order valence-electron chi connectivity index (χ0n) is 75.1. The fourth-order valence-electron chi connectivity index (χ4n) is 16.6. The summed E-state index contributed by atoms with van der Waals surface area (Å²) in [5.74, 6) is -1.85. The van der Waals surface area contributed by atoms with E-state index in [0.29, 0.717) is 83.9 Å². The zero-order valence-corrected chi connectivity index (χ0v) is 75.9. The number of likely N-dealkylation sites (N-methyl/N-ethyl adjacent to an activating group) is 2. The Labute approximate surface area is 739 Å². The first-order chi connectivity index (χ1) is 59.3. The largest absolute Gasteiger partial charge is 0.401 e. The topological polar surface area (TPSA) is 229 Å². The summed E-state index contributed by atoms with van der Waals surface area (Å²) in [7, 11) is 4.85. The standard InChI is InChI=1S/C34H42FN3O3.C33H39ClF3N3O3.C32H39F3N4O3/c1-22(2)12-30(38-11-10-26(14-32(38)41)17-34(35)20-37(6)21-34)31(40)16-27(13-25(5)39)28-15-29(19-36-18-28)33-23(3)8-7-9-24(33)4;1-21(2)15-29(40-14-11-24(17-31(40)43)10-13-39(5)20-33(35,36)37)30(42)19-26(16-23(4)41)25-9-12-38-28(18-25)32-22(3)7-6-8-27(32)34;1-20(2)13-28(39-18-23(9-10-30(39)41)11-12-38(5)19-29(34)35)32(42)37-27(14-22(4)40)24-15-25(17-36-16-24)31-21(3)7-6-8-26(31)33/h7-11,14-15,18-19,22,27,30H,12-13,16-17,20-21H2,1-6H3;6-9,11-12,14,17-18,21,26,29H,10,13,15-16,19-20H2,1-5H3;6-10,15-18,20,27-29H,11-14,19H2,1-5H3,(H,37,42)/t27-,30+;26-,29+;27-,28-/m110/s1. The summed E-state index contributed by atoms with van der Waals surface area (Å²) in [4.78, 5) is 136. The first-order valence-corrected chi connectivity index (χ1v) is 43.2. The van der Waals surface area contributed by atoms with Crippen molar-refractivity contribution in [2.45, 2.75) is 215 Å². The van der Waals surface area contributed by atoms with Crippen LogP contribution in [0.15, 0.2) is 179 Å². The van der Waals surface area contributed by atoms with Crippen molar-refractivity contribution in [3.8, 4) is 33.5 Å². The number of alkyl halides is 6. The molecule has 1 amide bonds. The molecule has 0 bridgehead atoms. The number of aryl methyl sites for hydroxylation is 4. The fourth-order valence-corrected chi connectivity index (χ4v) is 16.9. The summed E-state index contributed by atoms with van der Waals surface area (Å²) < 4.78 is 97.3. The monoisotopic (exact) mass is 1760 g/mol. The molecule has 0 unspecified atom stereocenters. The number of Topliss-reactive ketones (excluding diaryl/α,β-unsaturated/α-hetero) is 5. The number of halogens is 8. The highest BCUT2D eigenvalue weighted by Gasteiger charge is 2.42. The van der Waals surface area contributed by atoms with Gasteiger partial charge in [0.25, 0.3) is 23.1 Å². The second-order valence-electron chi connectivity index (χ2n) is 35.4. The quantitative estimate of drug-likeness (QED) is 0.0352. The Hall–Kier alpha value is -10.5. The van der Waals surface area contributed by atoms with Gasteiger partial charge in [-0.2, -0.15) is 13.2 Å². The molecule has 6 atom stereocenters. The molecule has 1 fully saturated rings. The van der Waals surface area contributed by atoms with Crippen LogP contribution in [-0.4, -0.2) is 157 Å². The first-order valence-electron chi connectivity index (χ1n) is 42.8. The van der Waals surface area contributed by atoms with Gasteiger partial charge in [-0.25, -0.2) is 17.6 Å². The number of nitrogens with one attached hydrogen (secondary N) is 1. The average Bonchev–Trinajstić information content (AvgIpc) is 0.824. The van der Waals surface area contributed by atoms with Gasteiger partial charge in [-0.3, -0.25) is 58.3 Å². The number of rotatable bonds is 40. The number of ketones is 5. The highest BCUT2D eigenvalue weighted by Crippen LogP contribution is 2.38. The summed E-state index contributed by atoms with van der Waals surface area (Å²) >= 11 is 6.48. The maximum Gasteiger partial charge on any atom is 0.401 e. The first kappa shape index (κ1) is 101. The molecule has 10 rings (SSSR count). The predicted octanol–water partition coefficient (Wildman–Crippen LogP) is 18.8. The number of benzene rings is 3. The van der Waals surface area contributed by atoms with Crippen LogP contribution < -0.4 is 22.0 Å². The Morgan fingerprint density at radius 1 is 0.540 bits per heavy atom. The van der Waals surface area contributed by atoms with Crippen LogP contribution in [0, 0.1) is 51.3 Å². The third-order valence-electron chi connectivity index (χ3n) is 22.4. The van der Waals surface area contributed by atoms with E-state index in [-0.39, 0.29) is 122 Å². The number of carbonyl (C=O) groups excluding carboxylic acids is 6. The molecule has 1 aliphatic rings. The lowest BCUT2D eigenvalue weighted by atomic mass is 9.85. The van der Waals surface area contributed by atoms with Crippen molar-refractivity contribution in [2.24, 2.45) is 17.8 Å². The van der Waals surface area contributed by atoms with Crippen molar-refractivity contribution in [3.63, 3.8) is 0 Å². The van der Waals surface area contributed by atoms with Gasteiger partial charge >= 0.3 is 6.18 Å². The van der Waals surface area contributed by atoms with Crippen LogP contribution in [0.5, 0.6) is 0 Å². The molecule has 0 spiro atoms. The van der Waals surface area contributed by atoms with E-state index in [1.165, 1.54) is 83.1 Å². The van der Waals surface area contributed by atoms with Crippen LogP contribution in [0.25, 0.3) is 33.5 Å². The number of carbonyl (C=O) groups is 6. The van der Waals surface area contributed by atoms with Crippen LogP contribution in [0.4, 0.5) is 30.7 Å².